The Labute approximate surface area is 120 Å². The topological polar surface area (TPSA) is 0 Å². The normalized spacial score (nSPS) is 25.8. The molecule has 1 heterocycles. The van der Waals surface area contributed by atoms with Gasteiger partial charge in [0.05, 0.1) is 12.4 Å². The van der Waals surface area contributed by atoms with Crippen LogP contribution in [-0.2, 0) is 0 Å². The Morgan fingerprint density at radius 1 is 1.00 bits per heavy atom. The van der Waals surface area contributed by atoms with Crippen molar-refractivity contribution in [3.63, 3.8) is 0 Å². The smallest absolute Gasteiger partial charge is 0.129 e. The molecule has 102 valence electrons. The highest BCUT2D eigenvalue weighted by molar-refractivity contribution is 8.03. The number of hydrogen-bond acceptors (Lipinski definition) is 1. The lowest BCUT2D eigenvalue weighted by Crippen LogP contribution is -2.50. The summed E-state index contributed by atoms with van der Waals surface area (Å²) < 4.78 is 0.247. The zero-order valence-corrected chi connectivity index (χ0v) is 16.1. The molecule has 0 aliphatic carbocycles. The fraction of sp³-hybridized carbons (Fsp3) is 0.733. The van der Waals surface area contributed by atoms with E-state index in [0.29, 0.717) is 0 Å². The van der Waals surface area contributed by atoms with Gasteiger partial charge in [0.2, 0.25) is 0 Å². The molecule has 1 atom stereocenters. The number of allylic oxidation sites excluding steroid dienone is 1. The van der Waals surface area contributed by atoms with Crippen molar-refractivity contribution in [2.75, 3.05) is 5.75 Å². The van der Waals surface area contributed by atoms with Crippen molar-refractivity contribution in [3.8, 4) is 11.5 Å². The Morgan fingerprint density at radius 3 is 1.94 bits per heavy atom. The van der Waals surface area contributed by atoms with Crippen molar-refractivity contribution >= 4 is 27.9 Å². The summed E-state index contributed by atoms with van der Waals surface area (Å²) in [5, 5.41) is 0. The molecule has 1 aliphatic heterocycles. The molecule has 18 heavy (non-hydrogen) atoms. The van der Waals surface area contributed by atoms with E-state index in [-0.39, 0.29) is 4.37 Å². The summed E-state index contributed by atoms with van der Waals surface area (Å²) in [5.74, 6) is 4.95. The molecule has 0 radical (unpaired) electrons. The summed E-state index contributed by atoms with van der Waals surface area (Å²) in [6.45, 7) is 19.1. The molecule has 0 saturated carbocycles. The number of hydrogen-bond donors (Lipinski definition) is 0. The summed E-state index contributed by atoms with van der Waals surface area (Å²) in [7, 11) is -2.57. The van der Waals surface area contributed by atoms with Gasteiger partial charge in [0, 0.05) is 5.75 Å². The standard InChI is InChI=1S/C15H28SSi2/c1-13-11-15(18(6,7)8,16-12-14(13)2)9-10-17(3,4)5/h11-12H2,1-8H3. The maximum Gasteiger partial charge on any atom is 0.129 e. The molecule has 1 rings (SSSR count). The minimum Gasteiger partial charge on any atom is -0.141 e. The van der Waals surface area contributed by atoms with Gasteiger partial charge in [-0.3, -0.25) is 0 Å². The summed E-state index contributed by atoms with van der Waals surface area (Å²) in [5.41, 5.74) is 6.81. The Morgan fingerprint density at radius 2 is 1.56 bits per heavy atom. The lowest BCUT2D eigenvalue weighted by atomic mass is 10.1. The van der Waals surface area contributed by atoms with Crippen LogP contribution < -0.4 is 0 Å². The van der Waals surface area contributed by atoms with E-state index in [4.69, 9.17) is 0 Å². The molecule has 0 N–H and O–H groups in total. The average Bonchev–Trinajstić information content (AvgIpc) is 2.17. The van der Waals surface area contributed by atoms with Crippen molar-refractivity contribution in [2.45, 2.75) is 63.9 Å². The maximum absolute atomic E-state index is 3.77. The van der Waals surface area contributed by atoms with Gasteiger partial charge >= 0.3 is 0 Å². The van der Waals surface area contributed by atoms with E-state index in [2.05, 4.69) is 76.4 Å². The van der Waals surface area contributed by atoms with Gasteiger partial charge in [0.25, 0.3) is 0 Å². The predicted molar refractivity (Wildman–Crippen MR) is 92.6 cm³/mol. The second kappa shape index (κ2) is 5.22. The minimum absolute atomic E-state index is 0.247. The van der Waals surface area contributed by atoms with Crippen LogP contribution in [0.5, 0.6) is 0 Å². The molecule has 0 aromatic carbocycles. The van der Waals surface area contributed by atoms with Gasteiger partial charge in [-0.1, -0.05) is 56.3 Å². The molecule has 0 spiro atoms. The van der Waals surface area contributed by atoms with E-state index in [1.54, 1.807) is 11.1 Å². The molecule has 0 aromatic rings. The summed E-state index contributed by atoms with van der Waals surface area (Å²) >= 11 is 2.12. The molecule has 0 fully saturated rings. The van der Waals surface area contributed by atoms with E-state index in [1.165, 1.54) is 12.2 Å². The van der Waals surface area contributed by atoms with Gasteiger partial charge in [-0.15, -0.1) is 17.3 Å². The Hall–Kier alpha value is 0.0838. The first kappa shape index (κ1) is 16.1. The summed E-state index contributed by atoms with van der Waals surface area (Å²) in [6, 6.07) is 0. The monoisotopic (exact) mass is 296 g/mol. The van der Waals surface area contributed by atoms with Gasteiger partial charge in [-0.05, 0) is 20.3 Å². The first-order valence-electron chi connectivity index (χ1n) is 6.80. The van der Waals surface area contributed by atoms with Crippen LogP contribution in [0.1, 0.15) is 20.3 Å². The van der Waals surface area contributed by atoms with Gasteiger partial charge in [-0.2, -0.15) is 0 Å². The maximum atomic E-state index is 3.77. The van der Waals surface area contributed by atoms with Gasteiger partial charge in [0.1, 0.15) is 8.07 Å². The van der Waals surface area contributed by atoms with Crippen LogP contribution in [0.15, 0.2) is 11.1 Å². The zero-order valence-electron chi connectivity index (χ0n) is 13.3. The van der Waals surface area contributed by atoms with Gasteiger partial charge in [-0.25, -0.2) is 0 Å². The van der Waals surface area contributed by atoms with E-state index < -0.39 is 16.1 Å². The van der Waals surface area contributed by atoms with Crippen LogP contribution in [0, 0.1) is 11.5 Å². The predicted octanol–water partition coefficient (Wildman–Crippen LogP) is 4.96. The van der Waals surface area contributed by atoms with Crippen molar-refractivity contribution < 1.29 is 0 Å². The molecule has 0 nitrogen and oxygen atoms in total. The molecule has 0 aromatic heterocycles. The SMILES string of the molecule is CC1=C(C)CC(C#C[Si](C)(C)C)([Si](C)(C)C)SC1. The van der Waals surface area contributed by atoms with Crippen LogP contribution in [0.25, 0.3) is 0 Å². The van der Waals surface area contributed by atoms with Crippen molar-refractivity contribution in [1.82, 2.24) is 0 Å². The van der Waals surface area contributed by atoms with Crippen molar-refractivity contribution in [2.24, 2.45) is 0 Å². The Bertz CT molecular complexity index is 412. The van der Waals surface area contributed by atoms with Crippen molar-refractivity contribution in [3.05, 3.63) is 11.1 Å². The Kier molecular flexibility index (Phi) is 4.68. The van der Waals surface area contributed by atoms with Crippen LogP contribution in [0.2, 0.25) is 39.3 Å². The van der Waals surface area contributed by atoms with E-state index >= 15 is 0 Å². The fourth-order valence-electron chi connectivity index (χ4n) is 1.97. The van der Waals surface area contributed by atoms with E-state index in [1.807, 2.05) is 0 Å². The first-order valence-corrected chi connectivity index (χ1v) is 14.8. The Balaban J connectivity index is 3.19. The minimum atomic E-state index is -1.30. The molecule has 0 amide bonds. The molecular formula is C15H28SSi2. The first-order chi connectivity index (χ1) is 7.97. The van der Waals surface area contributed by atoms with Crippen LogP contribution in [0.4, 0.5) is 0 Å². The zero-order chi connectivity index (χ0) is 14.2. The third-order valence-electron chi connectivity index (χ3n) is 3.63. The fourth-order valence-corrected chi connectivity index (χ4v) is 7.10. The molecule has 3 heteroatoms. The van der Waals surface area contributed by atoms with Crippen LogP contribution in [-0.4, -0.2) is 26.3 Å². The largest absolute Gasteiger partial charge is 0.141 e. The van der Waals surface area contributed by atoms with Crippen LogP contribution in [0.3, 0.4) is 0 Å². The van der Waals surface area contributed by atoms with E-state index in [0.717, 1.165) is 0 Å². The lowest BCUT2D eigenvalue weighted by Gasteiger charge is -2.42. The second-order valence-electron chi connectivity index (χ2n) is 7.60. The quantitative estimate of drug-likeness (QED) is 0.374. The van der Waals surface area contributed by atoms with E-state index in [9.17, 15) is 0 Å². The highest BCUT2D eigenvalue weighted by atomic mass is 32.2. The van der Waals surface area contributed by atoms with Gasteiger partial charge < -0.3 is 0 Å². The highest BCUT2D eigenvalue weighted by Crippen LogP contribution is 2.45. The van der Waals surface area contributed by atoms with Gasteiger partial charge in [0.15, 0.2) is 0 Å². The second-order valence-corrected chi connectivity index (χ2v) is 19.3. The lowest BCUT2D eigenvalue weighted by molar-refractivity contribution is 0.881. The third-order valence-corrected chi connectivity index (χ3v) is 10.8. The molecule has 1 aliphatic rings. The summed E-state index contributed by atoms with van der Waals surface area (Å²) in [4.78, 5) is 0. The highest BCUT2D eigenvalue weighted by Gasteiger charge is 2.44. The number of thioether (sulfide) groups is 1. The number of rotatable bonds is 1. The molecule has 0 saturated heterocycles. The summed E-state index contributed by atoms with van der Waals surface area (Å²) in [6.07, 6.45) is 1.19. The van der Waals surface area contributed by atoms with Crippen molar-refractivity contribution in [1.29, 1.82) is 0 Å². The average molecular weight is 297 g/mol. The molecular weight excluding hydrogens is 268 g/mol. The molecule has 0 bridgehead atoms. The van der Waals surface area contributed by atoms with Crippen LogP contribution >= 0.6 is 11.8 Å². The third kappa shape index (κ3) is 3.79. The molecule has 1 unspecified atom stereocenters.